The normalized spacial score (nSPS) is 22.4. The average Bonchev–Trinajstić information content (AvgIpc) is 2.69. The Bertz CT molecular complexity index is 569. The van der Waals surface area contributed by atoms with Gasteiger partial charge in [0.2, 0.25) is 0 Å². The molecule has 1 aromatic carbocycles. The zero-order valence-electron chi connectivity index (χ0n) is 18.7. The van der Waals surface area contributed by atoms with Crippen LogP contribution in [0.2, 0.25) is 0 Å². The van der Waals surface area contributed by atoms with Gasteiger partial charge in [-0.3, -0.25) is 0 Å². The third-order valence-electron chi connectivity index (χ3n) is 6.98. The first kappa shape index (κ1) is 23.2. The monoisotopic (exact) mass is 390 g/mol. The minimum Gasteiger partial charge on any atom is -0.497 e. The van der Waals surface area contributed by atoms with E-state index in [0.29, 0.717) is 11.8 Å². The van der Waals surface area contributed by atoms with Crippen molar-refractivity contribution in [2.45, 2.75) is 84.2 Å². The maximum Gasteiger partial charge on any atom is 0.119 e. The van der Waals surface area contributed by atoms with Crippen LogP contribution < -0.4 is 4.74 Å². The first-order valence-corrected chi connectivity index (χ1v) is 11.3. The Balaban J connectivity index is 2.12. The molecule has 0 aliphatic heterocycles. The van der Waals surface area contributed by atoms with E-state index in [9.17, 15) is 5.11 Å². The predicted molar refractivity (Wildman–Crippen MR) is 117 cm³/mol. The van der Waals surface area contributed by atoms with Crippen LogP contribution in [0.5, 0.6) is 5.75 Å². The molecule has 0 saturated carbocycles. The molecular formula is C25H42O3. The SMILES string of the molecule is COCCCC(C)[C@H](C)C1CCc2cc(OC)ccc2C1CCCC[C@@H](C)O. The zero-order valence-corrected chi connectivity index (χ0v) is 18.7. The number of hydrogen-bond acceptors (Lipinski definition) is 3. The van der Waals surface area contributed by atoms with Crippen molar-refractivity contribution in [2.75, 3.05) is 20.8 Å². The molecule has 0 amide bonds. The molecule has 1 aliphatic carbocycles. The first-order valence-electron chi connectivity index (χ1n) is 11.3. The fourth-order valence-electron chi connectivity index (χ4n) is 5.08. The highest BCUT2D eigenvalue weighted by Crippen LogP contribution is 2.46. The molecule has 5 atom stereocenters. The van der Waals surface area contributed by atoms with Crippen molar-refractivity contribution < 1.29 is 14.6 Å². The molecule has 0 fully saturated rings. The summed E-state index contributed by atoms with van der Waals surface area (Å²) in [4.78, 5) is 0. The predicted octanol–water partition coefficient (Wildman–Crippen LogP) is 5.98. The van der Waals surface area contributed by atoms with Gasteiger partial charge in [-0.1, -0.05) is 32.8 Å². The maximum atomic E-state index is 9.60. The average molecular weight is 391 g/mol. The third kappa shape index (κ3) is 6.49. The lowest BCUT2D eigenvalue weighted by molar-refractivity contribution is 0.155. The Morgan fingerprint density at radius 1 is 1.07 bits per heavy atom. The lowest BCUT2D eigenvalue weighted by atomic mass is 9.65. The minimum absolute atomic E-state index is 0.182. The molecule has 2 rings (SSSR count). The Kier molecular flexibility index (Phi) is 9.81. The lowest BCUT2D eigenvalue weighted by Gasteiger charge is -2.40. The number of benzene rings is 1. The molecule has 0 radical (unpaired) electrons. The maximum absolute atomic E-state index is 9.60. The molecule has 160 valence electrons. The van der Waals surface area contributed by atoms with Crippen LogP contribution in [0.1, 0.15) is 82.8 Å². The van der Waals surface area contributed by atoms with Gasteiger partial charge in [0, 0.05) is 13.7 Å². The van der Waals surface area contributed by atoms with Crippen molar-refractivity contribution in [3.05, 3.63) is 29.3 Å². The highest BCUT2D eigenvalue weighted by Gasteiger charge is 2.34. The van der Waals surface area contributed by atoms with Crippen molar-refractivity contribution in [3.63, 3.8) is 0 Å². The Morgan fingerprint density at radius 3 is 2.54 bits per heavy atom. The number of aliphatic hydroxyl groups excluding tert-OH is 1. The van der Waals surface area contributed by atoms with Crippen LogP contribution in [-0.4, -0.2) is 32.0 Å². The molecule has 0 saturated heterocycles. The molecule has 0 spiro atoms. The minimum atomic E-state index is -0.182. The summed E-state index contributed by atoms with van der Waals surface area (Å²) < 4.78 is 10.7. The van der Waals surface area contributed by atoms with Gasteiger partial charge < -0.3 is 14.6 Å². The molecule has 3 heteroatoms. The summed E-state index contributed by atoms with van der Waals surface area (Å²) in [7, 11) is 3.55. The van der Waals surface area contributed by atoms with Gasteiger partial charge >= 0.3 is 0 Å². The van der Waals surface area contributed by atoms with Crippen LogP contribution in [0, 0.1) is 17.8 Å². The van der Waals surface area contributed by atoms with E-state index in [2.05, 4.69) is 32.0 Å². The molecule has 1 N–H and O–H groups in total. The first-order chi connectivity index (χ1) is 13.5. The Morgan fingerprint density at radius 2 is 1.86 bits per heavy atom. The Labute approximate surface area is 172 Å². The summed E-state index contributed by atoms with van der Waals surface area (Å²) in [6.07, 6.45) is 9.11. The van der Waals surface area contributed by atoms with Crippen LogP contribution in [0.3, 0.4) is 0 Å². The van der Waals surface area contributed by atoms with E-state index in [1.165, 1.54) is 31.2 Å². The number of aryl methyl sites for hydroxylation is 1. The number of fused-ring (bicyclic) bond motifs is 1. The van der Waals surface area contributed by atoms with Crippen molar-refractivity contribution in [1.82, 2.24) is 0 Å². The Hall–Kier alpha value is -1.06. The topological polar surface area (TPSA) is 38.7 Å². The summed E-state index contributed by atoms with van der Waals surface area (Å²) in [5.74, 6) is 3.79. The van der Waals surface area contributed by atoms with Crippen LogP contribution in [-0.2, 0) is 11.2 Å². The molecular weight excluding hydrogens is 348 g/mol. The summed E-state index contributed by atoms with van der Waals surface area (Å²) in [6, 6.07) is 6.71. The molecule has 3 nitrogen and oxygen atoms in total. The third-order valence-corrected chi connectivity index (χ3v) is 6.98. The van der Waals surface area contributed by atoms with Crippen LogP contribution in [0.15, 0.2) is 18.2 Å². The molecule has 1 aliphatic rings. The number of rotatable bonds is 12. The van der Waals surface area contributed by atoms with Crippen molar-refractivity contribution in [3.8, 4) is 5.75 Å². The van der Waals surface area contributed by atoms with E-state index in [-0.39, 0.29) is 6.10 Å². The molecule has 28 heavy (non-hydrogen) atoms. The van der Waals surface area contributed by atoms with Gasteiger partial charge in [0.1, 0.15) is 5.75 Å². The largest absolute Gasteiger partial charge is 0.497 e. The van der Waals surface area contributed by atoms with Gasteiger partial charge in [-0.15, -0.1) is 0 Å². The molecule has 0 bridgehead atoms. The summed E-state index contributed by atoms with van der Waals surface area (Å²) in [5, 5.41) is 9.60. The quantitative estimate of drug-likeness (QED) is 0.446. The highest BCUT2D eigenvalue weighted by molar-refractivity contribution is 5.40. The van der Waals surface area contributed by atoms with Gasteiger partial charge in [-0.2, -0.15) is 0 Å². The smallest absolute Gasteiger partial charge is 0.119 e. The number of hydrogen-bond donors (Lipinski definition) is 1. The standard InChI is InChI=1S/C25H42O3/c1-18(9-8-16-27-4)20(3)23-14-12-21-17-22(28-5)13-15-24(21)25(23)11-7-6-10-19(2)26/h13,15,17-20,23,25-26H,6-12,14,16H2,1-5H3/t18?,19-,20+,23?,25?/m1/s1. The fraction of sp³-hybridized carbons (Fsp3) is 0.760. The van der Waals surface area contributed by atoms with Gasteiger partial charge in [0.05, 0.1) is 13.2 Å². The summed E-state index contributed by atoms with van der Waals surface area (Å²) >= 11 is 0. The van der Waals surface area contributed by atoms with E-state index in [0.717, 1.165) is 49.9 Å². The van der Waals surface area contributed by atoms with Crippen LogP contribution in [0.25, 0.3) is 0 Å². The van der Waals surface area contributed by atoms with Gasteiger partial charge in [0.15, 0.2) is 0 Å². The van der Waals surface area contributed by atoms with Crippen molar-refractivity contribution in [2.24, 2.45) is 17.8 Å². The second-order valence-corrected chi connectivity index (χ2v) is 8.98. The lowest BCUT2D eigenvalue weighted by Crippen LogP contribution is -2.30. The van der Waals surface area contributed by atoms with E-state index < -0.39 is 0 Å². The fourth-order valence-corrected chi connectivity index (χ4v) is 5.08. The molecule has 1 aromatic rings. The number of aliphatic hydroxyl groups is 1. The van der Waals surface area contributed by atoms with Crippen LogP contribution in [0.4, 0.5) is 0 Å². The molecule has 0 aromatic heterocycles. The highest BCUT2D eigenvalue weighted by atomic mass is 16.5. The van der Waals surface area contributed by atoms with Crippen molar-refractivity contribution >= 4 is 0 Å². The van der Waals surface area contributed by atoms with Crippen LogP contribution >= 0.6 is 0 Å². The number of methoxy groups -OCH3 is 2. The van der Waals surface area contributed by atoms with Crippen molar-refractivity contribution in [1.29, 1.82) is 0 Å². The summed E-state index contributed by atoms with van der Waals surface area (Å²) in [6.45, 7) is 7.66. The number of unbranched alkanes of at least 4 members (excludes halogenated alkanes) is 1. The van der Waals surface area contributed by atoms with E-state index >= 15 is 0 Å². The second kappa shape index (κ2) is 11.8. The second-order valence-electron chi connectivity index (χ2n) is 8.98. The van der Waals surface area contributed by atoms with Gasteiger partial charge in [-0.25, -0.2) is 0 Å². The van der Waals surface area contributed by atoms with E-state index in [1.807, 2.05) is 6.92 Å². The number of ether oxygens (including phenoxy) is 2. The molecule has 3 unspecified atom stereocenters. The van der Waals surface area contributed by atoms with E-state index in [1.54, 1.807) is 19.8 Å². The van der Waals surface area contributed by atoms with Gasteiger partial charge in [0.25, 0.3) is 0 Å². The summed E-state index contributed by atoms with van der Waals surface area (Å²) in [5.41, 5.74) is 3.03. The van der Waals surface area contributed by atoms with E-state index in [4.69, 9.17) is 9.47 Å². The molecule has 0 heterocycles. The van der Waals surface area contributed by atoms with Gasteiger partial charge in [-0.05, 0) is 92.4 Å². The zero-order chi connectivity index (χ0) is 20.5.